The molecule has 0 spiro atoms. The number of hydrogen-bond acceptors (Lipinski definition) is 6. The van der Waals surface area contributed by atoms with Crippen molar-refractivity contribution >= 4 is 11.9 Å². The molecular formula is C15H19FN6O2. The van der Waals surface area contributed by atoms with E-state index in [2.05, 4.69) is 15.5 Å². The number of carbonyl (C=O) groups is 1. The summed E-state index contributed by atoms with van der Waals surface area (Å²) in [5, 5.41) is 10.7. The number of nitrogen functional groups attached to an aromatic ring is 1. The van der Waals surface area contributed by atoms with Crippen molar-refractivity contribution in [2.75, 3.05) is 25.4 Å². The molecule has 1 aliphatic rings. The van der Waals surface area contributed by atoms with Crippen LogP contribution in [0.1, 0.15) is 12.8 Å². The van der Waals surface area contributed by atoms with Gasteiger partial charge in [0.15, 0.2) is 0 Å². The van der Waals surface area contributed by atoms with E-state index in [1.54, 1.807) is 17.0 Å². The van der Waals surface area contributed by atoms with Gasteiger partial charge in [-0.1, -0.05) is 5.10 Å². The molecule has 2 N–H and O–H groups in total. The van der Waals surface area contributed by atoms with Gasteiger partial charge in [0.1, 0.15) is 18.1 Å². The molecule has 8 nitrogen and oxygen atoms in total. The zero-order chi connectivity index (χ0) is 16.9. The molecule has 128 valence electrons. The summed E-state index contributed by atoms with van der Waals surface area (Å²) in [7, 11) is 0. The fourth-order valence-corrected chi connectivity index (χ4v) is 2.72. The average Bonchev–Trinajstić information content (AvgIpc) is 2.99. The molecule has 9 heteroatoms. The van der Waals surface area contributed by atoms with E-state index in [1.807, 2.05) is 0 Å². The van der Waals surface area contributed by atoms with Crippen molar-refractivity contribution in [1.82, 2.24) is 25.1 Å². The third kappa shape index (κ3) is 3.98. The SMILES string of the molecule is Nc1nnnn1CC(=O)N1CCC[C@@H](COc2ccc(F)cc2)C1. The van der Waals surface area contributed by atoms with Gasteiger partial charge in [-0.2, -0.15) is 0 Å². The molecule has 1 fully saturated rings. The van der Waals surface area contributed by atoms with Gasteiger partial charge in [-0.15, -0.1) is 0 Å². The summed E-state index contributed by atoms with van der Waals surface area (Å²) in [6.07, 6.45) is 1.90. The van der Waals surface area contributed by atoms with Crippen LogP contribution in [0, 0.1) is 11.7 Å². The van der Waals surface area contributed by atoms with Crippen molar-refractivity contribution in [2.45, 2.75) is 19.4 Å². The Morgan fingerprint density at radius 1 is 1.38 bits per heavy atom. The van der Waals surface area contributed by atoms with Gasteiger partial charge in [0.05, 0.1) is 6.61 Å². The normalized spacial score (nSPS) is 17.7. The minimum absolute atomic E-state index is 0.0321. The highest BCUT2D eigenvalue weighted by Gasteiger charge is 2.25. The molecular weight excluding hydrogens is 315 g/mol. The van der Waals surface area contributed by atoms with Crippen LogP contribution in [0.25, 0.3) is 0 Å². The Bertz CT molecular complexity index is 690. The van der Waals surface area contributed by atoms with Gasteiger partial charge in [0, 0.05) is 19.0 Å². The number of likely N-dealkylation sites (tertiary alicyclic amines) is 1. The number of nitrogens with two attached hydrogens (primary N) is 1. The fourth-order valence-electron chi connectivity index (χ4n) is 2.72. The highest BCUT2D eigenvalue weighted by atomic mass is 19.1. The van der Waals surface area contributed by atoms with Crippen molar-refractivity contribution in [3.63, 3.8) is 0 Å². The molecule has 1 aromatic heterocycles. The zero-order valence-electron chi connectivity index (χ0n) is 13.1. The summed E-state index contributed by atoms with van der Waals surface area (Å²) in [4.78, 5) is 14.1. The van der Waals surface area contributed by atoms with Gasteiger partial charge in [-0.3, -0.25) is 4.79 Å². The van der Waals surface area contributed by atoms with Gasteiger partial charge in [-0.05, 0) is 47.5 Å². The Morgan fingerprint density at radius 3 is 2.88 bits per heavy atom. The molecule has 0 saturated carbocycles. The van der Waals surface area contributed by atoms with Crippen molar-refractivity contribution in [3.05, 3.63) is 30.1 Å². The second kappa shape index (κ2) is 7.24. The number of amides is 1. The van der Waals surface area contributed by atoms with E-state index in [4.69, 9.17) is 10.5 Å². The lowest BCUT2D eigenvalue weighted by Crippen LogP contribution is -2.43. The van der Waals surface area contributed by atoms with Gasteiger partial charge in [-0.25, -0.2) is 9.07 Å². The molecule has 24 heavy (non-hydrogen) atoms. The van der Waals surface area contributed by atoms with Crippen LogP contribution in [-0.2, 0) is 11.3 Å². The first-order valence-electron chi connectivity index (χ1n) is 7.79. The van der Waals surface area contributed by atoms with E-state index in [9.17, 15) is 9.18 Å². The van der Waals surface area contributed by atoms with Crippen LogP contribution in [-0.4, -0.2) is 50.7 Å². The lowest BCUT2D eigenvalue weighted by atomic mass is 9.99. The Hall–Kier alpha value is -2.71. The highest BCUT2D eigenvalue weighted by molar-refractivity contribution is 5.76. The Balaban J connectivity index is 1.51. The quantitative estimate of drug-likeness (QED) is 0.865. The number of benzene rings is 1. The molecule has 0 unspecified atom stereocenters. The monoisotopic (exact) mass is 334 g/mol. The van der Waals surface area contributed by atoms with E-state index < -0.39 is 0 Å². The van der Waals surface area contributed by atoms with E-state index >= 15 is 0 Å². The summed E-state index contributed by atoms with van der Waals surface area (Å²) >= 11 is 0. The van der Waals surface area contributed by atoms with Crippen molar-refractivity contribution in [1.29, 1.82) is 0 Å². The minimum atomic E-state index is -0.293. The number of aromatic nitrogens is 4. The standard InChI is InChI=1S/C15H19FN6O2/c16-12-3-5-13(6-4-12)24-10-11-2-1-7-21(8-11)14(23)9-22-15(17)18-19-20-22/h3-6,11H,1-2,7-10H2,(H2,17,18,20)/t11-/m1/s1. The van der Waals surface area contributed by atoms with Crippen LogP contribution < -0.4 is 10.5 Å². The maximum atomic E-state index is 12.9. The molecule has 1 atom stereocenters. The minimum Gasteiger partial charge on any atom is -0.493 e. The maximum Gasteiger partial charge on any atom is 0.244 e. The molecule has 2 heterocycles. The molecule has 3 rings (SSSR count). The fraction of sp³-hybridized carbons (Fsp3) is 0.467. The van der Waals surface area contributed by atoms with E-state index in [-0.39, 0.29) is 30.1 Å². The number of tetrazole rings is 1. The molecule has 0 aliphatic carbocycles. The van der Waals surface area contributed by atoms with Crippen LogP contribution in [0.4, 0.5) is 10.3 Å². The number of hydrogen-bond donors (Lipinski definition) is 1. The molecule has 0 radical (unpaired) electrons. The van der Waals surface area contributed by atoms with Crippen LogP contribution >= 0.6 is 0 Å². The van der Waals surface area contributed by atoms with Crippen LogP contribution in [0.3, 0.4) is 0 Å². The summed E-state index contributed by atoms with van der Waals surface area (Å²) in [6, 6.07) is 5.92. The van der Waals surface area contributed by atoms with Crippen molar-refractivity contribution in [2.24, 2.45) is 5.92 Å². The smallest absolute Gasteiger partial charge is 0.244 e. The van der Waals surface area contributed by atoms with E-state index in [0.29, 0.717) is 25.4 Å². The Kier molecular flexibility index (Phi) is 4.88. The van der Waals surface area contributed by atoms with Gasteiger partial charge in [0.25, 0.3) is 0 Å². The summed E-state index contributed by atoms with van der Waals surface area (Å²) < 4.78 is 19.9. The number of rotatable bonds is 5. The van der Waals surface area contributed by atoms with Gasteiger partial charge < -0.3 is 15.4 Å². The van der Waals surface area contributed by atoms with E-state index in [0.717, 1.165) is 12.8 Å². The highest BCUT2D eigenvalue weighted by Crippen LogP contribution is 2.19. The first kappa shape index (κ1) is 16.2. The number of piperidine rings is 1. The summed E-state index contributed by atoms with van der Waals surface area (Å²) in [5.41, 5.74) is 5.58. The lowest BCUT2D eigenvalue weighted by molar-refractivity contribution is -0.134. The third-order valence-corrected chi connectivity index (χ3v) is 4.02. The summed E-state index contributed by atoms with van der Waals surface area (Å²) in [5.74, 6) is 0.621. The number of carbonyl (C=O) groups excluding carboxylic acids is 1. The predicted molar refractivity (Wildman–Crippen MR) is 83.4 cm³/mol. The van der Waals surface area contributed by atoms with Gasteiger partial charge in [0.2, 0.25) is 11.9 Å². The lowest BCUT2D eigenvalue weighted by Gasteiger charge is -2.32. The maximum absolute atomic E-state index is 12.9. The summed E-state index contributed by atoms with van der Waals surface area (Å²) in [6.45, 7) is 1.84. The topological polar surface area (TPSA) is 99.2 Å². The molecule has 2 aromatic rings. The van der Waals surface area contributed by atoms with E-state index in [1.165, 1.54) is 16.8 Å². The van der Waals surface area contributed by atoms with Gasteiger partial charge >= 0.3 is 0 Å². The number of halogens is 1. The second-order valence-electron chi connectivity index (χ2n) is 5.81. The number of nitrogens with zero attached hydrogens (tertiary/aromatic N) is 5. The van der Waals surface area contributed by atoms with Crippen molar-refractivity contribution < 1.29 is 13.9 Å². The second-order valence-corrected chi connectivity index (χ2v) is 5.81. The first-order chi connectivity index (χ1) is 11.6. The number of anilines is 1. The Labute approximate surface area is 138 Å². The zero-order valence-corrected chi connectivity index (χ0v) is 13.1. The number of ether oxygens (including phenoxy) is 1. The first-order valence-corrected chi connectivity index (χ1v) is 7.79. The largest absolute Gasteiger partial charge is 0.493 e. The van der Waals surface area contributed by atoms with Crippen LogP contribution in [0.5, 0.6) is 5.75 Å². The molecule has 1 aromatic carbocycles. The van der Waals surface area contributed by atoms with Crippen LogP contribution in [0.2, 0.25) is 0 Å². The molecule has 0 bridgehead atoms. The van der Waals surface area contributed by atoms with Crippen molar-refractivity contribution in [3.8, 4) is 5.75 Å². The van der Waals surface area contributed by atoms with Crippen LogP contribution in [0.15, 0.2) is 24.3 Å². The Morgan fingerprint density at radius 2 is 2.17 bits per heavy atom. The molecule has 1 aliphatic heterocycles. The predicted octanol–water partition coefficient (Wildman–Crippen LogP) is 0.712. The molecule has 1 amide bonds. The third-order valence-electron chi connectivity index (χ3n) is 4.02. The molecule has 1 saturated heterocycles. The average molecular weight is 334 g/mol.